The normalized spacial score (nSPS) is 12.4. The number of nitrogens with one attached hydrogen (secondary N) is 1. The average molecular weight is 308 g/mol. The third-order valence-electron chi connectivity index (χ3n) is 3.28. The van der Waals surface area contributed by atoms with E-state index >= 15 is 0 Å². The highest BCUT2D eigenvalue weighted by atomic mass is 35.5. The van der Waals surface area contributed by atoms with Gasteiger partial charge in [0.15, 0.2) is 0 Å². The highest BCUT2D eigenvalue weighted by Crippen LogP contribution is 2.30. The molecule has 0 aliphatic rings. The lowest BCUT2D eigenvalue weighted by Crippen LogP contribution is -2.23. The van der Waals surface area contributed by atoms with E-state index in [0.717, 1.165) is 18.5 Å². The van der Waals surface area contributed by atoms with E-state index in [4.69, 9.17) is 23.2 Å². The Morgan fingerprint density at radius 1 is 1.05 bits per heavy atom. The van der Waals surface area contributed by atoms with E-state index in [-0.39, 0.29) is 6.04 Å². The predicted molar refractivity (Wildman–Crippen MR) is 87.8 cm³/mol. The van der Waals surface area contributed by atoms with Gasteiger partial charge in [-0.25, -0.2) is 0 Å². The molecule has 1 N–H and O–H groups in total. The Bertz CT molecular complexity index is 564. The topological polar surface area (TPSA) is 12.0 Å². The van der Waals surface area contributed by atoms with Crippen LogP contribution < -0.4 is 5.32 Å². The van der Waals surface area contributed by atoms with Gasteiger partial charge in [-0.3, -0.25) is 0 Å². The zero-order chi connectivity index (χ0) is 14.5. The lowest BCUT2D eigenvalue weighted by atomic mass is 9.97. The summed E-state index contributed by atoms with van der Waals surface area (Å²) in [6, 6.07) is 14.3. The van der Waals surface area contributed by atoms with Crippen molar-refractivity contribution in [2.24, 2.45) is 0 Å². The van der Waals surface area contributed by atoms with Crippen LogP contribution in [0.15, 0.2) is 42.5 Å². The summed E-state index contributed by atoms with van der Waals surface area (Å²) in [6.45, 7) is 5.19. The van der Waals surface area contributed by atoms with Gasteiger partial charge in [0.05, 0.1) is 6.04 Å². The SMILES string of the molecule is CCCNC(c1ccc(C)cc1)c1ccc(Cl)cc1Cl. The number of halogens is 2. The van der Waals surface area contributed by atoms with Crippen LogP contribution in [0.1, 0.15) is 36.1 Å². The highest BCUT2D eigenvalue weighted by molar-refractivity contribution is 6.35. The number of hydrogen-bond donors (Lipinski definition) is 1. The summed E-state index contributed by atoms with van der Waals surface area (Å²) in [5.41, 5.74) is 3.53. The minimum Gasteiger partial charge on any atom is -0.306 e. The smallest absolute Gasteiger partial charge is 0.0591 e. The molecule has 0 bridgehead atoms. The third kappa shape index (κ3) is 3.76. The number of benzene rings is 2. The molecule has 0 aliphatic heterocycles. The molecule has 2 aromatic carbocycles. The van der Waals surface area contributed by atoms with Crippen molar-refractivity contribution in [3.05, 3.63) is 69.2 Å². The van der Waals surface area contributed by atoms with Gasteiger partial charge in [-0.2, -0.15) is 0 Å². The summed E-state index contributed by atoms with van der Waals surface area (Å²) in [4.78, 5) is 0. The maximum Gasteiger partial charge on any atom is 0.0591 e. The van der Waals surface area contributed by atoms with Gasteiger partial charge in [-0.05, 0) is 43.1 Å². The quantitative estimate of drug-likeness (QED) is 0.780. The van der Waals surface area contributed by atoms with Crippen LogP contribution in [-0.2, 0) is 0 Å². The minimum atomic E-state index is 0.0975. The highest BCUT2D eigenvalue weighted by Gasteiger charge is 2.16. The Morgan fingerprint density at radius 3 is 2.35 bits per heavy atom. The molecule has 1 nitrogen and oxygen atoms in total. The van der Waals surface area contributed by atoms with Crippen LogP contribution in [0, 0.1) is 6.92 Å². The molecule has 0 fully saturated rings. The fourth-order valence-corrected chi connectivity index (χ4v) is 2.71. The fraction of sp³-hybridized carbons (Fsp3) is 0.294. The largest absolute Gasteiger partial charge is 0.306 e. The van der Waals surface area contributed by atoms with Gasteiger partial charge in [0.1, 0.15) is 0 Å². The summed E-state index contributed by atoms with van der Waals surface area (Å²) in [6.07, 6.45) is 1.08. The van der Waals surface area contributed by atoms with Crippen molar-refractivity contribution in [2.45, 2.75) is 26.3 Å². The molecule has 1 unspecified atom stereocenters. The van der Waals surface area contributed by atoms with Crippen LogP contribution in [0.3, 0.4) is 0 Å². The lowest BCUT2D eigenvalue weighted by Gasteiger charge is -2.21. The predicted octanol–water partition coefficient (Wildman–Crippen LogP) is 5.39. The van der Waals surface area contributed by atoms with E-state index < -0.39 is 0 Å². The Kier molecular flexibility index (Phi) is 5.47. The Labute approximate surface area is 130 Å². The van der Waals surface area contributed by atoms with Crippen molar-refractivity contribution >= 4 is 23.2 Å². The Hall–Kier alpha value is -1.02. The first-order chi connectivity index (χ1) is 9.61. The van der Waals surface area contributed by atoms with E-state index in [9.17, 15) is 0 Å². The van der Waals surface area contributed by atoms with Crippen molar-refractivity contribution < 1.29 is 0 Å². The van der Waals surface area contributed by atoms with Crippen molar-refractivity contribution in [2.75, 3.05) is 6.54 Å². The van der Waals surface area contributed by atoms with Gasteiger partial charge >= 0.3 is 0 Å². The van der Waals surface area contributed by atoms with Crippen molar-refractivity contribution in [3.63, 3.8) is 0 Å². The molecule has 0 saturated heterocycles. The summed E-state index contributed by atoms with van der Waals surface area (Å²) < 4.78 is 0. The summed E-state index contributed by atoms with van der Waals surface area (Å²) in [5.74, 6) is 0. The van der Waals surface area contributed by atoms with Gasteiger partial charge < -0.3 is 5.32 Å². The molecule has 1 atom stereocenters. The van der Waals surface area contributed by atoms with Crippen LogP contribution in [0.4, 0.5) is 0 Å². The van der Waals surface area contributed by atoms with Crippen molar-refractivity contribution in [1.82, 2.24) is 5.32 Å². The van der Waals surface area contributed by atoms with Crippen LogP contribution in [0.25, 0.3) is 0 Å². The van der Waals surface area contributed by atoms with Crippen LogP contribution in [-0.4, -0.2) is 6.54 Å². The van der Waals surface area contributed by atoms with Gasteiger partial charge in [-0.1, -0.05) is 66.0 Å². The van der Waals surface area contributed by atoms with Crippen molar-refractivity contribution in [3.8, 4) is 0 Å². The minimum absolute atomic E-state index is 0.0975. The second-order valence-electron chi connectivity index (χ2n) is 4.96. The van der Waals surface area contributed by atoms with Crippen LogP contribution in [0.5, 0.6) is 0 Å². The molecule has 3 heteroatoms. The number of rotatable bonds is 5. The van der Waals surface area contributed by atoms with Gasteiger partial charge in [0, 0.05) is 10.0 Å². The van der Waals surface area contributed by atoms with Crippen LogP contribution in [0.2, 0.25) is 10.0 Å². The molecule has 0 heterocycles. The number of aryl methyl sites for hydroxylation is 1. The van der Waals surface area contributed by atoms with Gasteiger partial charge in [-0.15, -0.1) is 0 Å². The second kappa shape index (κ2) is 7.12. The molecule has 0 amide bonds. The third-order valence-corrected chi connectivity index (χ3v) is 3.85. The molecular weight excluding hydrogens is 289 g/mol. The monoisotopic (exact) mass is 307 g/mol. The molecule has 0 saturated carbocycles. The summed E-state index contributed by atoms with van der Waals surface area (Å²) in [5, 5.41) is 4.92. The standard InChI is InChI=1S/C17H19Cl2N/c1-3-10-20-17(13-6-4-12(2)5-7-13)15-9-8-14(18)11-16(15)19/h4-9,11,17,20H,3,10H2,1-2H3. The molecule has 0 spiro atoms. The molecule has 0 radical (unpaired) electrons. The molecule has 2 rings (SSSR count). The van der Waals surface area contributed by atoms with E-state index in [1.807, 2.05) is 12.1 Å². The molecule has 0 aromatic heterocycles. The fourth-order valence-electron chi connectivity index (χ4n) is 2.19. The van der Waals surface area contributed by atoms with E-state index in [1.54, 1.807) is 6.07 Å². The first kappa shape index (κ1) is 15.4. The first-order valence-electron chi connectivity index (χ1n) is 6.86. The lowest BCUT2D eigenvalue weighted by molar-refractivity contribution is 0.598. The van der Waals surface area contributed by atoms with Gasteiger partial charge in [0.2, 0.25) is 0 Å². The molecule has 0 aliphatic carbocycles. The zero-order valence-electron chi connectivity index (χ0n) is 11.8. The maximum atomic E-state index is 6.36. The zero-order valence-corrected chi connectivity index (χ0v) is 13.3. The van der Waals surface area contributed by atoms with Gasteiger partial charge in [0.25, 0.3) is 0 Å². The molecule has 2 aromatic rings. The Balaban J connectivity index is 2.38. The first-order valence-corrected chi connectivity index (χ1v) is 7.62. The molecular formula is C17H19Cl2N. The number of hydrogen-bond acceptors (Lipinski definition) is 1. The second-order valence-corrected chi connectivity index (χ2v) is 5.81. The molecule has 20 heavy (non-hydrogen) atoms. The summed E-state index contributed by atoms with van der Waals surface area (Å²) in [7, 11) is 0. The molecule has 106 valence electrons. The maximum absolute atomic E-state index is 6.36. The average Bonchev–Trinajstić information content (AvgIpc) is 2.42. The van der Waals surface area contributed by atoms with Crippen molar-refractivity contribution in [1.29, 1.82) is 0 Å². The van der Waals surface area contributed by atoms with Crippen LogP contribution >= 0.6 is 23.2 Å². The van der Waals surface area contributed by atoms with E-state index in [1.165, 1.54) is 11.1 Å². The summed E-state index contributed by atoms with van der Waals surface area (Å²) >= 11 is 12.3. The van der Waals surface area contributed by atoms with E-state index in [2.05, 4.69) is 43.4 Å². The van der Waals surface area contributed by atoms with E-state index in [0.29, 0.717) is 10.0 Å². The Morgan fingerprint density at radius 2 is 1.75 bits per heavy atom.